The van der Waals surface area contributed by atoms with Gasteiger partial charge in [-0.05, 0) is 61.6 Å². The van der Waals surface area contributed by atoms with Crippen LogP contribution in [0.15, 0.2) is 42.5 Å². The van der Waals surface area contributed by atoms with Gasteiger partial charge in [-0.1, -0.05) is 30.3 Å². The van der Waals surface area contributed by atoms with Gasteiger partial charge >= 0.3 is 0 Å². The molecule has 0 aliphatic rings. The lowest BCUT2D eigenvalue weighted by Gasteiger charge is -2.12. The Hall–Kier alpha value is -1.47. The first-order valence-electron chi connectivity index (χ1n) is 7.03. The van der Waals surface area contributed by atoms with Gasteiger partial charge in [0, 0.05) is 0 Å². The van der Waals surface area contributed by atoms with Crippen molar-refractivity contribution < 1.29 is 4.74 Å². The van der Waals surface area contributed by atoms with Gasteiger partial charge in [-0.15, -0.1) is 11.6 Å². The smallest absolute Gasteiger partial charge is 0.119 e. The first-order chi connectivity index (χ1) is 9.60. The predicted octanol–water partition coefficient (Wildman–Crippen LogP) is 5.22. The summed E-state index contributed by atoms with van der Waals surface area (Å²) in [6, 6.07) is 14.6. The minimum absolute atomic E-state index is 0.00668. The van der Waals surface area contributed by atoms with E-state index in [4.69, 9.17) is 16.3 Å². The van der Waals surface area contributed by atoms with Crippen LogP contribution in [0, 0.1) is 13.8 Å². The van der Waals surface area contributed by atoms with Crippen LogP contribution >= 0.6 is 11.6 Å². The van der Waals surface area contributed by atoms with Crippen LogP contribution in [0.4, 0.5) is 0 Å². The van der Waals surface area contributed by atoms with Gasteiger partial charge in [-0.2, -0.15) is 0 Å². The van der Waals surface area contributed by atoms with Crippen molar-refractivity contribution in [3.8, 4) is 5.75 Å². The molecular formula is C18H21ClO. The highest BCUT2D eigenvalue weighted by atomic mass is 35.5. The van der Waals surface area contributed by atoms with Crippen molar-refractivity contribution in [2.24, 2.45) is 0 Å². The number of ether oxygens (including phenoxy) is 1. The van der Waals surface area contributed by atoms with Crippen molar-refractivity contribution in [3.05, 3.63) is 64.7 Å². The monoisotopic (exact) mass is 288 g/mol. The zero-order valence-corrected chi connectivity index (χ0v) is 13.1. The van der Waals surface area contributed by atoms with E-state index < -0.39 is 0 Å². The summed E-state index contributed by atoms with van der Waals surface area (Å²) in [5, 5.41) is -0.00668. The number of hydrogen-bond donors (Lipinski definition) is 0. The number of benzene rings is 2. The summed E-state index contributed by atoms with van der Waals surface area (Å²) in [4.78, 5) is 0. The molecule has 106 valence electrons. The van der Waals surface area contributed by atoms with Crippen molar-refractivity contribution in [1.29, 1.82) is 0 Å². The SMILES string of the molecule is CCOc1ccc(C(Cl)Cc2ccc(C)c(C)c2)cc1. The van der Waals surface area contributed by atoms with E-state index in [1.807, 2.05) is 31.2 Å². The highest BCUT2D eigenvalue weighted by Gasteiger charge is 2.09. The summed E-state index contributed by atoms with van der Waals surface area (Å²) in [6.07, 6.45) is 0.844. The molecule has 2 rings (SSSR count). The van der Waals surface area contributed by atoms with Crippen molar-refractivity contribution in [2.45, 2.75) is 32.6 Å². The van der Waals surface area contributed by atoms with Gasteiger partial charge in [0.15, 0.2) is 0 Å². The summed E-state index contributed by atoms with van der Waals surface area (Å²) < 4.78 is 5.44. The normalized spacial score (nSPS) is 12.2. The second kappa shape index (κ2) is 6.81. The minimum atomic E-state index is -0.00668. The standard InChI is InChI=1S/C18H21ClO/c1-4-20-17-9-7-16(8-10-17)18(19)12-15-6-5-13(2)14(3)11-15/h5-11,18H,4,12H2,1-3H3. The van der Waals surface area contributed by atoms with Gasteiger partial charge in [0.1, 0.15) is 5.75 Å². The molecule has 0 N–H and O–H groups in total. The summed E-state index contributed by atoms with van der Waals surface area (Å²) in [6.45, 7) is 6.94. The first-order valence-corrected chi connectivity index (χ1v) is 7.46. The van der Waals surface area contributed by atoms with Crippen LogP contribution in [-0.4, -0.2) is 6.61 Å². The third-order valence-corrected chi connectivity index (χ3v) is 3.95. The van der Waals surface area contributed by atoms with Crippen molar-refractivity contribution in [2.75, 3.05) is 6.61 Å². The quantitative estimate of drug-likeness (QED) is 0.685. The molecule has 2 aromatic carbocycles. The molecule has 0 amide bonds. The van der Waals surface area contributed by atoms with E-state index in [2.05, 4.69) is 32.0 Å². The third-order valence-electron chi connectivity index (χ3n) is 3.54. The molecule has 1 atom stereocenters. The van der Waals surface area contributed by atoms with E-state index >= 15 is 0 Å². The van der Waals surface area contributed by atoms with Gasteiger partial charge in [-0.3, -0.25) is 0 Å². The van der Waals surface area contributed by atoms with Crippen LogP contribution in [0.25, 0.3) is 0 Å². The number of hydrogen-bond acceptors (Lipinski definition) is 1. The number of halogens is 1. The summed E-state index contributed by atoms with van der Waals surface area (Å²) in [5.74, 6) is 0.895. The molecule has 2 heteroatoms. The molecule has 0 bridgehead atoms. The largest absolute Gasteiger partial charge is 0.494 e. The van der Waals surface area contributed by atoms with E-state index in [1.54, 1.807) is 0 Å². The molecular weight excluding hydrogens is 268 g/mol. The fourth-order valence-corrected chi connectivity index (χ4v) is 2.52. The summed E-state index contributed by atoms with van der Waals surface area (Å²) >= 11 is 6.52. The second-order valence-corrected chi connectivity index (χ2v) is 5.62. The number of aryl methyl sites for hydroxylation is 2. The van der Waals surface area contributed by atoms with Gasteiger partial charge in [-0.25, -0.2) is 0 Å². The van der Waals surface area contributed by atoms with E-state index in [-0.39, 0.29) is 5.38 Å². The molecule has 1 unspecified atom stereocenters. The topological polar surface area (TPSA) is 9.23 Å². The zero-order chi connectivity index (χ0) is 14.5. The molecule has 20 heavy (non-hydrogen) atoms. The lowest BCUT2D eigenvalue weighted by Crippen LogP contribution is -1.98. The third kappa shape index (κ3) is 3.77. The fourth-order valence-electron chi connectivity index (χ4n) is 2.19. The summed E-state index contributed by atoms with van der Waals surface area (Å²) in [5.41, 5.74) is 5.05. The van der Waals surface area contributed by atoms with Crippen molar-refractivity contribution >= 4 is 11.6 Å². The number of alkyl halides is 1. The molecule has 0 saturated heterocycles. The van der Waals surface area contributed by atoms with Crippen molar-refractivity contribution in [3.63, 3.8) is 0 Å². The molecule has 0 fully saturated rings. The van der Waals surface area contributed by atoms with Crippen LogP contribution in [0.2, 0.25) is 0 Å². The molecule has 0 heterocycles. The lowest BCUT2D eigenvalue weighted by molar-refractivity contribution is 0.340. The molecule has 0 aliphatic heterocycles. The second-order valence-electron chi connectivity index (χ2n) is 5.09. The minimum Gasteiger partial charge on any atom is -0.494 e. The maximum atomic E-state index is 6.52. The molecule has 0 spiro atoms. The Morgan fingerprint density at radius 1 is 1.00 bits per heavy atom. The average molecular weight is 289 g/mol. The van der Waals surface area contributed by atoms with Crippen LogP contribution in [0.5, 0.6) is 5.75 Å². The summed E-state index contributed by atoms with van der Waals surface area (Å²) in [7, 11) is 0. The molecule has 0 radical (unpaired) electrons. The van der Waals surface area contributed by atoms with Gasteiger partial charge in [0.05, 0.1) is 12.0 Å². The Balaban J connectivity index is 2.06. The first kappa shape index (κ1) is 14.9. The van der Waals surface area contributed by atoms with Crippen LogP contribution < -0.4 is 4.74 Å². The maximum absolute atomic E-state index is 6.52. The average Bonchev–Trinajstić information content (AvgIpc) is 2.44. The molecule has 1 nitrogen and oxygen atoms in total. The highest BCUT2D eigenvalue weighted by molar-refractivity contribution is 6.20. The maximum Gasteiger partial charge on any atom is 0.119 e. The van der Waals surface area contributed by atoms with E-state index in [1.165, 1.54) is 16.7 Å². The van der Waals surface area contributed by atoms with E-state index in [9.17, 15) is 0 Å². The number of rotatable bonds is 5. The molecule has 0 aliphatic carbocycles. The zero-order valence-electron chi connectivity index (χ0n) is 12.3. The fraction of sp³-hybridized carbons (Fsp3) is 0.333. The van der Waals surface area contributed by atoms with Crippen molar-refractivity contribution in [1.82, 2.24) is 0 Å². The predicted molar refractivity (Wildman–Crippen MR) is 85.8 cm³/mol. The molecule has 0 saturated carbocycles. The lowest BCUT2D eigenvalue weighted by atomic mass is 10.00. The van der Waals surface area contributed by atoms with Gasteiger partial charge < -0.3 is 4.74 Å². The molecule has 2 aromatic rings. The Morgan fingerprint density at radius 2 is 1.70 bits per heavy atom. The van der Waals surface area contributed by atoms with Gasteiger partial charge in [0.2, 0.25) is 0 Å². The Labute approximate surface area is 126 Å². The van der Waals surface area contributed by atoms with Gasteiger partial charge in [0.25, 0.3) is 0 Å². The highest BCUT2D eigenvalue weighted by Crippen LogP contribution is 2.27. The Kier molecular flexibility index (Phi) is 5.08. The Bertz CT molecular complexity index is 560. The van der Waals surface area contributed by atoms with Crippen LogP contribution in [-0.2, 0) is 6.42 Å². The van der Waals surface area contributed by atoms with E-state index in [0.717, 1.165) is 17.7 Å². The molecule has 0 aromatic heterocycles. The Morgan fingerprint density at radius 3 is 2.30 bits per heavy atom. The van der Waals surface area contributed by atoms with E-state index in [0.29, 0.717) is 6.61 Å². The van der Waals surface area contributed by atoms with Crippen LogP contribution in [0.3, 0.4) is 0 Å². The van der Waals surface area contributed by atoms with Crippen LogP contribution in [0.1, 0.15) is 34.6 Å².